The molecule has 2 rings (SSSR count). The number of nitrogens with zero attached hydrogens (tertiary/aromatic N) is 1. The fourth-order valence-corrected chi connectivity index (χ4v) is 2.40. The molecule has 1 aliphatic rings. The average Bonchev–Trinajstić information content (AvgIpc) is 2.50. The molecule has 0 amide bonds. The molecule has 0 bridgehead atoms. The van der Waals surface area contributed by atoms with E-state index in [4.69, 9.17) is 4.74 Å². The number of benzene rings is 1. The lowest BCUT2D eigenvalue weighted by molar-refractivity contribution is 0.413. The summed E-state index contributed by atoms with van der Waals surface area (Å²) in [7, 11) is 1.72. The normalized spacial score (nSPS) is 19.8. The Balaban J connectivity index is 2.28. The van der Waals surface area contributed by atoms with Gasteiger partial charge in [0, 0.05) is 30.4 Å². The first kappa shape index (κ1) is 12.2. The predicted molar refractivity (Wildman–Crippen MR) is 71.9 cm³/mol. The Morgan fingerprint density at radius 2 is 2.12 bits per heavy atom. The van der Waals surface area contributed by atoms with Crippen LogP contribution in [0.1, 0.15) is 20.3 Å². The van der Waals surface area contributed by atoms with E-state index in [1.54, 1.807) is 7.11 Å². The molecule has 1 aromatic rings. The van der Waals surface area contributed by atoms with E-state index in [0.29, 0.717) is 0 Å². The molecule has 0 radical (unpaired) electrons. The standard InChI is InChI=1S/C14H22N2O/c1-14(2)7-8-15-9-10-16(14)12-5-4-6-13(11-12)17-3/h4-6,11,15H,7-10H2,1-3H3. The molecule has 0 unspecified atom stereocenters. The van der Waals surface area contributed by atoms with Crippen LogP contribution in [0.15, 0.2) is 24.3 Å². The third-order valence-electron chi connectivity index (χ3n) is 3.52. The van der Waals surface area contributed by atoms with Gasteiger partial charge in [-0.2, -0.15) is 0 Å². The highest BCUT2D eigenvalue weighted by Gasteiger charge is 2.28. The minimum absolute atomic E-state index is 0.190. The maximum atomic E-state index is 5.30. The fraction of sp³-hybridized carbons (Fsp3) is 0.571. The molecule has 0 spiro atoms. The van der Waals surface area contributed by atoms with Crippen molar-refractivity contribution in [3.8, 4) is 5.75 Å². The smallest absolute Gasteiger partial charge is 0.120 e. The Hall–Kier alpha value is -1.22. The van der Waals surface area contributed by atoms with E-state index in [1.165, 1.54) is 5.69 Å². The van der Waals surface area contributed by atoms with Gasteiger partial charge in [0.2, 0.25) is 0 Å². The molecule has 1 aromatic carbocycles. The summed E-state index contributed by atoms with van der Waals surface area (Å²) in [6.45, 7) is 7.78. The van der Waals surface area contributed by atoms with Crippen molar-refractivity contribution in [2.75, 3.05) is 31.6 Å². The minimum Gasteiger partial charge on any atom is -0.497 e. The highest BCUT2D eigenvalue weighted by Crippen LogP contribution is 2.29. The Labute approximate surface area is 104 Å². The van der Waals surface area contributed by atoms with E-state index >= 15 is 0 Å². The molecule has 0 atom stereocenters. The zero-order chi connectivity index (χ0) is 12.3. The molecule has 1 fully saturated rings. The molecule has 0 aliphatic carbocycles. The highest BCUT2D eigenvalue weighted by molar-refractivity contribution is 5.53. The van der Waals surface area contributed by atoms with E-state index in [1.807, 2.05) is 6.07 Å². The number of hydrogen-bond acceptors (Lipinski definition) is 3. The maximum absolute atomic E-state index is 5.30. The average molecular weight is 234 g/mol. The number of nitrogens with one attached hydrogen (secondary N) is 1. The van der Waals surface area contributed by atoms with Crippen molar-refractivity contribution in [1.82, 2.24) is 5.32 Å². The van der Waals surface area contributed by atoms with Crippen LogP contribution in [0.5, 0.6) is 5.75 Å². The van der Waals surface area contributed by atoms with Crippen LogP contribution in [0.2, 0.25) is 0 Å². The van der Waals surface area contributed by atoms with Gasteiger partial charge < -0.3 is 15.0 Å². The van der Waals surface area contributed by atoms with Gasteiger partial charge in [-0.1, -0.05) is 6.07 Å². The van der Waals surface area contributed by atoms with Gasteiger partial charge >= 0.3 is 0 Å². The van der Waals surface area contributed by atoms with Crippen LogP contribution in [0, 0.1) is 0 Å². The van der Waals surface area contributed by atoms with Crippen LogP contribution < -0.4 is 15.0 Å². The van der Waals surface area contributed by atoms with Crippen molar-refractivity contribution < 1.29 is 4.74 Å². The Bertz CT molecular complexity index is 376. The van der Waals surface area contributed by atoms with Gasteiger partial charge in [0.25, 0.3) is 0 Å². The lowest BCUT2D eigenvalue weighted by atomic mass is 9.97. The summed E-state index contributed by atoms with van der Waals surface area (Å²) >= 11 is 0. The van der Waals surface area contributed by atoms with Crippen LogP contribution in [0.25, 0.3) is 0 Å². The van der Waals surface area contributed by atoms with Gasteiger partial charge in [-0.3, -0.25) is 0 Å². The summed E-state index contributed by atoms with van der Waals surface area (Å²) in [5, 5.41) is 3.46. The summed E-state index contributed by atoms with van der Waals surface area (Å²) < 4.78 is 5.30. The predicted octanol–water partition coefficient (Wildman–Crippen LogP) is 2.27. The maximum Gasteiger partial charge on any atom is 0.120 e. The van der Waals surface area contributed by atoms with Crippen molar-refractivity contribution in [3.63, 3.8) is 0 Å². The lowest BCUT2D eigenvalue weighted by Gasteiger charge is -2.39. The summed E-state index contributed by atoms with van der Waals surface area (Å²) in [6, 6.07) is 8.33. The van der Waals surface area contributed by atoms with E-state index in [-0.39, 0.29) is 5.54 Å². The molecule has 1 saturated heterocycles. The molecule has 1 N–H and O–H groups in total. The second-order valence-corrected chi connectivity index (χ2v) is 5.17. The Morgan fingerprint density at radius 1 is 1.29 bits per heavy atom. The van der Waals surface area contributed by atoms with Gasteiger partial charge in [0.15, 0.2) is 0 Å². The Kier molecular flexibility index (Phi) is 3.57. The van der Waals surface area contributed by atoms with Crippen LogP contribution in [0.3, 0.4) is 0 Å². The van der Waals surface area contributed by atoms with Gasteiger partial charge in [0.05, 0.1) is 7.11 Å². The zero-order valence-corrected chi connectivity index (χ0v) is 11.0. The first-order valence-electron chi connectivity index (χ1n) is 6.26. The number of anilines is 1. The number of hydrogen-bond donors (Lipinski definition) is 1. The van der Waals surface area contributed by atoms with Crippen LogP contribution in [0.4, 0.5) is 5.69 Å². The van der Waals surface area contributed by atoms with Crippen molar-refractivity contribution in [3.05, 3.63) is 24.3 Å². The van der Waals surface area contributed by atoms with Crippen LogP contribution in [-0.2, 0) is 0 Å². The van der Waals surface area contributed by atoms with Gasteiger partial charge in [-0.05, 0) is 38.9 Å². The van der Waals surface area contributed by atoms with E-state index in [0.717, 1.165) is 31.8 Å². The van der Waals surface area contributed by atoms with Gasteiger partial charge in [-0.25, -0.2) is 0 Å². The molecule has 1 aliphatic heterocycles. The first-order chi connectivity index (χ1) is 8.13. The quantitative estimate of drug-likeness (QED) is 0.849. The Morgan fingerprint density at radius 3 is 2.88 bits per heavy atom. The minimum atomic E-state index is 0.190. The number of methoxy groups -OCH3 is 1. The fourth-order valence-electron chi connectivity index (χ4n) is 2.40. The van der Waals surface area contributed by atoms with Gasteiger partial charge in [0.1, 0.15) is 5.75 Å². The van der Waals surface area contributed by atoms with Crippen LogP contribution >= 0.6 is 0 Å². The van der Waals surface area contributed by atoms with Crippen molar-refractivity contribution in [1.29, 1.82) is 0 Å². The van der Waals surface area contributed by atoms with E-state index in [2.05, 4.69) is 42.3 Å². The molecule has 0 aromatic heterocycles. The second-order valence-electron chi connectivity index (χ2n) is 5.17. The molecule has 17 heavy (non-hydrogen) atoms. The molecule has 0 saturated carbocycles. The molecular weight excluding hydrogens is 212 g/mol. The summed E-state index contributed by atoms with van der Waals surface area (Å²) in [6.07, 6.45) is 1.16. The largest absolute Gasteiger partial charge is 0.497 e. The van der Waals surface area contributed by atoms with Crippen LogP contribution in [-0.4, -0.2) is 32.3 Å². The first-order valence-corrected chi connectivity index (χ1v) is 6.26. The molecular formula is C14H22N2O. The van der Waals surface area contributed by atoms with Gasteiger partial charge in [-0.15, -0.1) is 0 Å². The van der Waals surface area contributed by atoms with Crippen molar-refractivity contribution >= 4 is 5.69 Å². The topological polar surface area (TPSA) is 24.5 Å². The zero-order valence-electron chi connectivity index (χ0n) is 11.0. The SMILES string of the molecule is COc1cccc(N2CCNCCC2(C)C)c1. The molecule has 3 nitrogen and oxygen atoms in total. The molecule has 3 heteroatoms. The highest BCUT2D eigenvalue weighted by atomic mass is 16.5. The van der Waals surface area contributed by atoms with Crippen molar-refractivity contribution in [2.24, 2.45) is 0 Å². The van der Waals surface area contributed by atoms with E-state index in [9.17, 15) is 0 Å². The summed E-state index contributed by atoms with van der Waals surface area (Å²) in [4.78, 5) is 2.47. The van der Waals surface area contributed by atoms with Crippen molar-refractivity contribution in [2.45, 2.75) is 25.8 Å². The summed E-state index contributed by atoms with van der Waals surface area (Å²) in [5.74, 6) is 0.926. The number of ether oxygens (including phenoxy) is 1. The number of rotatable bonds is 2. The second kappa shape index (κ2) is 4.96. The third kappa shape index (κ3) is 2.72. The lowest BCUT2D eigenvalue weighted by Crippen LogP contribution is -2.44. The molecule has 1 heterocycles. The monoisotopic (exact) mass is 234 g/mol. The third-order valence-corrected chi connectivity index (χ3v) is 3.52. The van der Waals surface area contributed by atoms with E-state index < -0.39 is 0 Å². The molecule has 94 valence electrons. The summed E-state index contributed by atoms with van der Waals surface area (Å²) in [5.41, 5.74) is 1.44.